The van der Waals surface area contributed by atoms with Crippen LogP contribution in [0.2, 0.25) is 0 Å². The van der Waals surface area contributed by atoms with E-state index in [2.05, 4.69) is 15.6 Å². The molecule has 0 radical (unpaired) electrons. The average Bonchev–Trinajstić information content (AvgIpc) is 3.50. The maximum atomic E-state index is 15.2. The Morgan fingerprint density at radius 3 is 2.69 bits per heavy atom. The van der Waals surface area contributed by atoms with Crippen molar-refractivity contribution < 1.29 is 18.3 Å². The molecule has 170 valence electrons. The Balaban J connectivity index is 0.00000245. The van der Waals surface area contributed by atoms with E-state index in [-0.39, 0.29) is 41.4 Å². The number of carbonyl (C=O) groups excluding carboxylic acids is 1. The minimum atomic E-state index is -0.801. The average molecular weight is 463 g/mol. The predicted molar refractivity (Wildman–Crippen MR) is 119 cm³/mol. The number of ether oxygens (including phenoxy) is 1. The first-order chi connectivity index (χ1) is 15.0. The number of nitrogens with one attached hydrogen (secondary N) is 2. The molecule has 2 aliphatic rings. The van der Waals surface area contributed by atoms with Gasteiger partial charge in [-0.2, -0.15) is 0 Å². The van der Waals surface area contributed by atoms with Gasteiger partial charge in [-0.15, -0.1) is 12.4 Å². The standard InChI is InChI=1S/C23H24F2N4O2.ClH/c1-13-4-6-29-19(11-16-12-26-5-7-31-16)22(28-20(29)8-13)21-17(24)9-14(10-18(21)25)23(30)27-15-2-3-15;/h4,6,8-10,15-16,26H,2-3,5,7,11-12H2,1H3,(H,27,30);1H/t16-;/m0./s1. The number of nitrogens with zero attached hydrogens (tertiary/aromatic N) is 2. The fourth-order valence-electron chi connectivity index (χ4n) is 3.99. The van der Waals surface area contributed by atoms with E-state index in [0.29, 0.717) is 30.9 Å². The lowest BCUT2D eigenvalue weighted by atomic mass is 10.0. The zero-order chi connectivity index (χ0) is 21.5. The molecule has 2 N–H and O–H groups in total. The maximum absolute atomic E-state index is 15.2. The number of hydrogen-bond acceptors (Lipinski definition) is 4. The van der Waals surface area contributed by atoms with E-state index >= 15 is 8.78 Å². The highest BCUT2D eigenvalue weighted by Gasteiger charge is 2.27. The highest BCUT2D eigenvalue weighted by Crippen LogP contribution is 2.32. The van der Waals surface area contributed by atoms with Crippen molar-refractivity contribution in [1.29, 1.82) is 0 Å². The number of amides is 1. The summed E-state index contributed by atoms with van der Waals surface area (Å²) in [7, 11) is 0. The maximum Gasteiger partial charge on any atom is 0.251 e. The summed E-state index contributed by atoms with van der Waals surface area (Å²) in [5.74, 6) is -2.06. The molecule has 1 saturated carbocycles. The number of aromatic nitrogens is 2. The first kappa shape index (κ1) is 22.6. The third-order valence-electron chi connectivity index (χ3n) is 5.76. The first-order valence-corrected chi connectivity index (χ1v) is 10.6. The van der Waals surface area contributed by atoms with E-state index in [9.17, 15) is 4.79 Å². The SMILES string of the molecule is Cc1ccn2c(C[C@H]3CNCCO3)c(-c3c(F)cc(C(=O)NC4CC4)cc3F)nc2c1.Cl. The largest absolute Gasteiger partial charge is 0.375 e. The molecule has 1 atom stereocenters. The minimum absolute atomic E-state index is 0. The summed E-state index contributed by atoms with van der Waals surface area (Å²) in [5.41, 5.74) is 2.29. The molecule has 6 nitrogen and oxygen atoms in total. The van der Waals surface area contributed by atoms with Gasteiger partial charge in [0.05, 0.1) is 29.7 Å². The molecule has 1 aliphatic heterocycles. The molecule has 1 aliphatic carbocycles. The summed E-state index contributed by atoms with van der Waals surface area (Å²) in [5, 5.41) is 6.04. The molecule has 1 amide bonds. The fourth-order valence-corrected chi connectivity index (χ4v) is 3.99. The van der Waals surface area contributed by atoms with Gasteiger partial charge < -0.3 is 19.8 Å². The minimum Gasteiger partial charge on any atom is -0.375 e. The second kappa shape index (κ2) is 9.13. The second-order valence-corrected chi connectivity index (χ2v) is 8.30. The molecule has 2 aromatic heterocycles. The van der Waals surface area contributed by atoms with Crippen LogP contribution in [0.15, 0.2) is 30.5 Å². The van der Waals surface area contributed by atoms with E-state index in [1.165, 1.54) is 0 Å². The molecule has 3 heterocycles. The van der Waals surface area contributed by atoms with E-state index < -0.39 is 17.5 Å². The molecule has 9 heteroatoms. The Hall–Kier alpha value is -2.55. The monoisotopic (exact) mass is 462 g/mol. The van der Waals surface area contributed by atoms with Crippen LogP contribution in [0.1, 0.15) is 34.5 Å². The van der Waals surface area contributed by atoms with Gasteiger partial charge in [0.2, 0.25) is 0 Å². The molecular weight excluding hydrogens is 438 g/mol. The van der Waals surface area contributed by atoms with Gasteiger partial charge in [0, 0.05) is 37.3 Å². The number of hydrogen-bond donors (Lipinski definition) is 2. The van der Waals surface area contributed by atoms with Crippen molar-refractivity contribution in [3.8, 4) is 11.3 Å². The number of imidazole rings is 1. The molecule has 32 heavy (non-hydrogen) atoms. The van der Waals surface area contributed by atoms with E-state index in [1.54, 1.807) is 0 Å². The van der Waals surface area contributed by atoms with Crippen molar-refractivity contribution >= 4 is 24.0 Å². The summed E-state index contributed by atoms with van der Waals surface area (Å²) in [6, 6.07) is 6.10. The van der Waals surface area contributed by atoms with E-state index in [4.69, 9.17) is 4.74 Å². The number of carbonyl (C=O) groups is 1. The fraction of sp³-hybridized carbons (Fsp3) is 0.391. The molecule has 1 aromatic carbocycles. The van der Waals surface area contributed by atoms with E-state index in [1.807, 2.05) is 29.7 Å². The van der Waals surface area contributed by atoms with E-state index in [0.717, 1.165) is 37.1 Å². The number of morpholine rings is 1. The second-order valence-electron chi connectivity index (χ2n) is 8.30. The normalized spacial score (nSPS) is 18.4. The van der Waals surface area contributed by atoms with Gasteiger partial charge in [-0.3, -0.25) is 4.79 Å². The van der Waals surface area contributed by atoms with Crippen molar-refractivity contribution in [3.05, 3.63) is 58.9 Å². The molecule has 0 bridgehead atoms. The van der Waals surface area contributed by atoms with Crippen molar-refractivity contribution in [2.24, 2.45) is 0 Å². The van der Waals surface area contributed by atoms with Gasteiger partial charge in [0.15, 0.2) is 0 Å². The van der Waals surface area contributed by atoms with Crippen molar-refractivity contribution in [1.82, 2.24) is 20.0 Å². The first-order valence-electron chi connectivity index (χ1n) is 10.6. The third kappa shape index (κ3) is 4.48. The Morgan fingerprint density at radius 1 is 1.28 bits per heavy atom. The van der Waals surface area contributed by atoms with Gasteiger partial charge in [-0.1, -0.05) is 0 Å². The Morgan fingerprint density at radius 2 is 2.03 bits per heavy atom. The van der Waals surface area contributed by atoms with Crippen LogP contribution in [0.4, 0.5) is 8.78 Å². The van der Waals surface area contributed by atoms with Crippen LogP contribution in [0.5, 0.6) is 0 Å². The Labute approximate surface area is 190 Å². The smallest absolute Gasteiger partial charge is 0.251 e. The zero-order valence-corrected chi connectivity index (χ0v) is 18.5. The number of benzene rings is 1. The molecule has 1 saturated heterocycles. The lowest BCUT2D eigenvalue weighted by Crippen LogP contribution is -2.39. The summed E-state index contributed by atoms with van der Waals surface area (Å²) < 4.78 is 38.0. The quantitative estimate of drug-likeness (QED) is 0.609. The van der Waals surface area contributed by atoms with Gasteiger partial charge >= 0.3 is 0 Å². The van der Waals surface area contributed by atoms with Crippen LogP contribution >= 0.6 is 12.4 Å². The molecular formula is C23H25ClF2N4O2. The number of pyridine rings is 1. The van der Waals surface area contributed by atoms with Gasteiger partial charge in [-0.25, -0.2) is 13.8 Å². The van der Waals surface area contributed by atoms with Gasteiger partial charge in [0.25, 0.3) is 5.91 Å². The Kier molecular flexibility index (Phi) is 6.46. The van der Waals surface area contributed by atoms with Gasteiger partial charge in [-0.05, 0) is 49.6 Å². The molecule has 0 spiro atoms. The molecule has 5 rings (SSSR count). The lowest BCUT2D eigenvalue weighted by molar-refractivity contribution is 0.0286. The predicted octanol–water partition coefficient (Wildman–Crippen LogP) is 3.43. The molecule has 2 fully saturated rings. The third-order valence-corrected chi connectivity index (χ3v) is 5.76. The van der Waals surface area contributed by atoms with Gasteiger partial charge in [0.1, 0.15) is 17.3 Å². The number of aryl methyl sites for hydroxylation is 1. The lowest BCUT2D eigenvalue weighted by Gasteiger charge is -2.24. The number of halogens is 3. The van der Waals surface area contributed by atoms with Crippen LogP contribution in [-0.4, -0.2) is 47.1 Å². The highest BCUT2D eigenvalue weighted by atomic mass is 35.5. The summed E-state index contributed by atoms with van der Waals surface area (Å²) in [6.45, 7) is 3.97. The summed E-state index contributed by atoms with van der Waals surface area (Å²) in [4.78, 5) is 16.8. The zero-order valence-electron chi connectivity index (χ0n) is 17.7. The number of fused-ring (bicyclic) bond motifs is 1. The van der Waals surface area contributed by atoms with Crippen LogP contribution in [-0.2, 0) is 11.2 Å². The molecule has 3 aromatic rings. The van der Waals surface area contributed by atoms with Crippen molar-refractivity contribution in [2.45, 2.75) is 38.3 Å². The summed E-state index contributed by atoms with van der Waals surface area (Å²) >= 11 is 0. The van der Waals surface area contributed by atoms with Crippen LogP contribution < -0.4 is 10.6 Å². The number of rotatable bonds is 5. The Bertz CT molecular complexity index is 1130. The topological polar surface area (TPSA) is 67.7 Å². The van der Waals surface area contributed by atoms with Crippen LogP contribution in [0, 0.1) is 18.6 Å². The summed E-state index contributed by atoms with van der Waals surface area (Å²) in [6.07, 6.45) is 3.99. The molecule has 0 unspecified atom stereocenters. The van der Waals surface area contributed by atoms with Crippen LogP contribution in [0.3, 0.4) is 0 Å². The highest BCUT2D eigenvalue weighted by molar-refractivity contribution is 5.95. The van der Waals surface area contributed by atoms with Crippen molar-refractivity contribution in [2.75, 3.05) is 19.7 Å². The van der Waals surface area contributed by atoms with Crippen molar-refractivity contribution in [3.63, 3.8) is 0 Å². The van der Waals surface area contributed by atoms with Crippen LogP contribution in [0.25, 0.3) is 16.9 Å².